The Morgan fingerprint density at radius 3 is 2.68 bits per heavy atom. The standard InChI is InChI=1S/C22H26N2O4/c1-3-11-28-19-9-7-18(8-10-19)24-15-17(13-21(24)25)22(26)23-14-16-5-4-6-20(12-16)27-2/h4-10,12,17H,3,11,13-15H2,1-2H3,(H,23,26)/t17-/m1/s1. The van der Waals surface area contributed by atoms with Gasteiger partial charge in [-0.2, -0.15) is 0 Å². The van der Waals surface area contributed by atoms with Crippen LogP contribution in [0.4, 0.5) is 5.69 Å². The molecule has 0 radical (unpaired) electrons. The van der Waals surface area contributed by atoms with Gasteiger partial charge in [0.2, 0.25) is 11.8 Å². The summed E-state index contributed by atoms with van der Waals surface area (Å²) in [6.07, 6.45) is 1.16. The maximum Gasteiger partial charge on any atom is 0.227 e. The summed E-state index contributed by atoms with van der Waals surface area (Å²) in [7, 11) is 1.61. The van der Waals surface area contributed by atoms with Crippen molar-refractivity contribution in [1.82, 2.24) is 5.32 Å². The monoisotopic (exact) mass is 382 g/mol. The van der Waals surface area contributed by atoms with Gasteiger partial charge in [0.25, 0.3) is 0 Å². The zero-order valence-electron chi connectivity index (χ0n) is 16.3. The van der Waals surface area contributed by atoms with Crippen LogP contribution < -0.4 is 19.7 Å². The van der Waals surface area contributed by atoms with E-state index in [1.807, 2.05) is 48.5 Å². The lowest BCUT2D eigenvalue weighted by Gasteiger charge is -2.17. The first-order valence-corrected chi connectivity index (χ1v) is 9.54. The largest absolute Gasteiger partial charge is 0.497 e. The van der Waals surface area contributed by atoms with Gasteiger partial charge in [0, 0.05) is 25.2 Å². The minimum absolute atomic E-state index is 0.0382. The van der Waals surface area contributed by atoms with Crippen LogP contribution in [-0.4, -0.2) is 32.1 Å². The molecule has 6 heteroatoms. The molecule has 28 heavy (non-hydrogen) atoms. The molecule has 148 valence electrons. The number of hydrogen-bond donors (Lipinski definition) is 1. The van der Waals surface area contributed by atoms with Crippen molar-refractivity contribution >= 4 is 17.5 Å². The van der Waals surface area contributed by atoms with E-state index in [9.17, 15) is 9.59 Å². The number of nitrogens with one attached hydrogen (secondary N) is 1. The van der Waals surface area contributed by atoms with Crippen LogP contribution in [0.3, 0.4) is 0 Å². The highest BCUT2D eigenvalue weighted by molar-refractivity contribution is 6.00. The predicted octanol–water partition coefficient (Wildman–Crippen LogP) is 3.15. The first kappa shape index (κ1) is 19.7. The molecule has 0 saturated carbocycles. The molecule has 1 fully saturated rings. The number of amides is 2. The molecular weight excluding hydrogens is 356 g/mol. The first-order chi connectivity index (χ1) is 13.6. The smallest absolute Gasteiger partial charge is 0.227 e. The third kappa shape index (κ3) is 4.82. The Morgan fingerprint density at radius 1 is 1.18 bits per heavy atom. The van der Waals surface area contributed by atoms with E-state index in [-0.39, 0.29) is 24.2 Å². The summed E-state index contributed by atoms with van der Waals surface area (Å²) < 4.78 is 10.8. The molecule has 0 unspecified atom stereocenters. The number of ether oxygens (including phenoxy) is 2. The summed E-state index contributed by atoms with van der Waals surface area (Å²) in [4.78, 5) is 26.6. The normalized spacial score (nSPS) is 16.1. The van der Waals surface area contributed by atoms with Crippen molar-refractivity contribution in [2.75, 3.05) is 25.2 Å². The minimum atomic E-state index is -0.353. The zero-order chi connectivity index (χ0) is 19.9. The van der Waals surface area contributed by atoms with Crippen LogP contribution in [0, 0.1) is 5.92 Å². The van der Waals surface area contributed by atoms with Crippen molar-refractivity contribution in [1.29, 1.82) is 0 Å². The molecule has 0 aliphatic carbocycles. The van der Waals surface area contributed by atoms with Gasteiger partial charge in [-0.1, -0.05) is 19.1 Å². The molecule has 1 aliphatic rings. The molecule has 2 aromatic carbocycles. The van der Waals surface area contributed by atoms with E-state index in [0.29, 0.717) is 19.7 Å². The zero-order valence-corrected chi connectivity index (χ0v) is 16.3. The number of methoxy groups -OCH3 is 1. The van der Waals surface area contributed by atoms with Crippen molar-refractivity contribution in [3.05, 3.63) is 54.1 Å². The summed E-state index contributed by atoms with van der Waals surface area (Å²) >= 11 is 0. The summed E-state index contributed by atoms with van der Waals surface area (Å²) in [5.41, 5.74) is 1.74. The quantitative estimate of drug-likeness (QED) is 0.762. The van der Waals surface area contributed by atoms with Gasteiger partial charge in [-0.3, -0.25) is 9.59 Å². The fraction of sp³-hybridized carbons (Fsp3) is 0.364. The van der Waals surface area contributed by atoms with E-state index < -0.39 is 0 Å². The Bertz CT molecular complexity index is 820. The van der Waals surface area contributed by atoms with Gasteiger partial charge in [0.1, 0.15) is 11.5 Å². The van der Waals surface area contributed by atoms with Crippen LogP contribution >= 0.6 is 0 Å². The van der Waals surface area contributed by atoms with E-state index >= 15 is 0 Å². The van der Waals surface area contributed by atoms with Gasteiger partial charge in [0.15, 0.2) is 0 Å². The van der Waals surface area contributed by atoms with Gasteiger partial charge in [-0.25, -0.2) is 0 Å². The molecule has 1 heterocycles. The molecule has 1 saturated heterocycles. The Balaban J connectivity index is 1.56. The van der Waals surface area contributed by atoms with Crippen molar-refractivity contribution in [3.8, 4) is 11.5 Å². The van der Waals surface area contributed by atoms with Gasteiger partial charge in [0.05, 0.1) is 19.6 Å². The molecular formula is C22H26N2O4. The third-order valence-corrected chi connectivity index (χ3v) is 4.72. The molecule has 3 rings (SSSR count). The van der Waals surface area contributed by atoms with Crippen LogP contribution in [0.25, 0.3) is 0 Å². The van der Waals surface area contributed by atoms with E-state index in [2.05, 4.69) is 12.2 Å². The number of carbonyl (C=O) groups excluding carboxylic acids is 2. The average molecular weight is 382 g/mol. The van der Waals surface area contributed by atoms with Crippen LogP contribution in [-0.2, 0) is 16.1 Å². The fourth-order valence-electron chi connectivity index (χ4n) is 3.19. The van der Waals surface area contributed by atoms with Crippen molar-refractivity contribution in [2.45, 2.75) is 26.3 Å². The molecule has 1 aliphatic heterocycles. The van der Waals surface area contributed by atoms with Crippen LogP contribution in [0.2, 0.25) is 0 Å². The number of hydrogen-bond acceptors (Lipinski definition) is 4. The van der Waals surface area contributed by atoms with Gasteiger partial charge in [-0.05, 0) is 48.4 Å². The third-order valence-electron chi connectivity index (χ3n) is 4.72. The Kier molecular flexibility index (Phi) is 6.53. The van der Waals surface area contributed by atoms with E-state index in [4.69, 9.17) is 9.47 Å². The molecule has 1 N–H and O–H groups in total. The van der Waals surface area contributed by atoms with Gasteiger partial charge < -0.3 is 19.7 Å². The molecule has 1 atom stereocenters. The second-order valence-electron chi connectivity index (χ2n) is 6.82. The predicted molar refractivity (Wildman–Crippen MR) is 108 cm³/mol. The molecule has 2 aromatic rings. The summed E-state index contributed by atoms with van der Waals surface area (Å²) in [6, 6.07) is 15.0. The average Bonchev–Trinajstić information content (AvgIpc) is 3.12. The molecule has 2 amide bonds. The topological polar surface area (TPSA) is 67.9 Å². The first-order valence-electron chi connectivity index (χ1n) is 9.54. The minimum Gasteiger partial charge on any atom is -0.497 e. The second kappa shape index (κ2) is 9.26. The Labute approximate surface area is 165 Å². The second-order valence-corrected chi connectivity index (χ2v) is 6.82. The maximum atomic E-state index is 12.5. The number of nitrogens with zero attached hydrogens (tertiary/aromatic N) is 1. The number of benzene rings is 2. The summed E-state index contributed by atoms with van der Waals surface area (Å²) in [6.45, 7) is 3.51. The highest BCUT2D eigenvalue weighted by Gasteiger charge is 2.35. The number of rotatable bonds is 8. The maximum absolute atomic E-state index is 12.5. The lowest BCUT2D eigenvalue weighted by atomic mass is 10.1. The van der Waals surface area contributed by atoms with Crippen LogP contribution in [0.5, 0.6) is 11.5 Å². The van der Waals surface area contributed by atoms with E-state index in [0.717, 1.165) is 29.2 Å². The van der Waals surface area contributed by atoms with Gasteiger partial charge >= 0.3 is 0 Å². The summed E-state index contributed by atoms with van der Waals surface area (Å²) in [5.74, 6) is 1.03. The van der Waals surface area contributed by atoms with Crippen molar-refractivity contribution < 1.29 is 19.1 Å². The molecule has 0 bridgehead atoms. The lowest BCUT2D eigenvalue weighted by Crippen LogP contribution is -2.32. The number of anilines is 1. The lowest BCUT2D eigenvalue weighted by molar-refractivity contribution is -0.126. The molecule has 0 aromatic heterocycles. The van der Waals surface area contributed by atoms with Crippen LogP contribution in [0.1, 0.15) is 25.3 Å². The Hall–Kier alpha value is -3.02. The summed E-state index contributed by atoms with van der Waals surface area (Å²) in [5, 5.41) is 2.92. The fourth-order valence-corrected chi connectivity index (χ4v) is 3.19. The highest BCUT2D eigenvalue weighted by atomic mass is 16.5. The van der Waals surface area contributed by atoms with E-state index in [1.54, 1.807) is 12.0 Å². The van der Waals surface area contributed by atoms with Gasteiger partial charge in [-0.15, -0.1) is 0 Å². The Morgan fingerprint density at radius 2 is 1.96 bits per heavy atom. The van der Waals surface area contributed by atoms with Crippen LogP contribution in [0.15, 0.2) is 48.5 Å². The molecule has 6 nitrogen and oxygen atoms in total. The highest BCUT2D eigenvalue weighted by Crippen LogP contribution is 2.27. The van der Waals surface area contributed by atoms with E-state index in [1.165, 1.54) is 0 Å². The van der Waals surface area contributed by atoms with Crippen molar-refractivity contribution in [3.63, 3.8) is 0 Å². The SMILES string of the molecule is CCCOc1ccc(N2C[C@H](C(=O)NCc3cccc(OC)c3)CC2=O)cc1. The molecule has 0 spiro atoms. The number of carbonyl (C=O) groups is 2. The van der Waals surface area contributed by atoms with Crippen molar-refractivity contribution in [2.24, 2.45) is 5.92 Å².